The maximum absolute atomic E-state index is 12.2. The number of benzene rings is 1. The second-order valence-electron chi connectivity index (χ2n) is 5.72. The number of hydrogen-bond donors (Lipinski definition) is 1. The van der Waals surface area contributed by atoms with Crippen molar-refractivity contribution in [1.29, 1.82) is 0 Å². The van der Waals surface area contributed by atoms with E-state index in [9.17, 15) is 9.59 Å². The van der Waals surface area contributed by atoms with Gasteiger partial charge in [-0.05, 0) is 17.7 Å². The molecule has 7 heteroatoms. The maximum Gasteiger partial charge on any atom is 0.224 e. The Hall–Kier alpha value is -3.22. The molecule has 0 aliphatic rings. The van der Waals surface area contributed by atoms with Crippen LogP contribution >= 0.6 is 0 Å². The van der Waals surface area contributed by atoms with Crippen LogP contribution in [-0.2, 0) is 18.3 Å². The summed E-state index contributed by atoms with van der Waals surface area (Å²) in [7, 11) is 1.82. The van der Waals surface area contributed by atoms with Crippen molar-refractivity contribution < 1.29 is 4.79 Å². The van der Waals surface area contributed by atoms with Crippen molar-refractivity contribution in [3.63, 3.8) is 0 Å². The molecule has 2 heterocycles. The van der Waals surface area contributed by atoms with Crippen molar-refractivity contribution >= 4 is 11.6 Å². The second-order valence-corrected chi connectivity index (χ2v) is 5.72. The molecule has 0 unspecified atom stereocenters. The van der Waals surface area contributed by atoms with E-state index in [1.807, 2.05) is 37.5 Å². The SMILES string of the molecule is CCC(=O)Nc1cccc(Cc2nn(-c3cnn(C)c3)ccc2=O)c1. The van der Waals surface area contributed by atoms with E-state index >= 15 is 0 Å². The van der Waals surface area contributed by atoms with Crippen LogP contribution in [0.5, 0.6) is 0 Å². The largest absolute Gasteiger partial charge is 0.326 e. The average molecular weight is 337 g/mol. The number of amides is 1. The third-order valence-corrected chi connectivity index (χ3v) is 3.74. The molecule has 0 aliphatic heterocycles. The Morgan fingerprint density at radius 2 is 2.12 bits per heavy atom. The van der Waals surface area contributed by atoms with Crippen molar-refractivity contribution in [1.82, 2.24) is 19.6 Å². The van der Waals surface area contributed by atoms with Gasteiger partial charge < -0.3 is 5.32 Å². The average Bonchev–Trinajstić information content (AvgIpc) is 3.03. The van der Waals surface area contributed by atoms with Gasteiger partial charge in [0.1, 0.15) is 11.4 Å². The van der Waals surface area contributed by atoms with Crippen LogP contribution in [0.4, 0.5) is 5.69 Å². The minimum Gasteiger partial charge on any atom is -0.326 e. The van der Waals surface area contributed by atoms with Gasteiger partial charge in [0.15, 0.2) is 0 Å². The van der Waals surface area contributed by atoms with Crippen molar-refractivity contribution in [2.75, 3.05) is 5.32 Å². The van der Waals surface area contributed by atoms with E-state index in [0.29, 0.717) is 24.2 Å². The molecule has 3 rings (SSSR count). The van der Waals surface area contributed by atoms with Crippen LogP contribution in [0.15, 0.2) is 53.7 Å². The lowest BCUT2D eigenvalue weighted by atomic mass is 10.1. The predicted molar refractivity (Wildman–Crippen MR) is 94.8 cm³/mol. The number of aryl methyl sites for hydroxylation is 1. The molecule has 1 N–H and O–H groups in total. The first-order chi connectivity index (χ1) is 12.0. The zero-order valence-electron chi connectivity index (χ0n) is 14.1. The fourth-order valence-corrected chi connectivity index (χ4v) is 2.44. The van der Waals surface area contributed by atoms with Crippen LogP contribution in [0.3, 0.4) is 0 Å². The van der Waals surface area contributed by atoms with Gasteiger partial charge >= 0.3 is 0 Å². The van der Waals surface area contributed by atoms with E-state index in [4.69, 9.17) is 0 Å². The summed E-state index contributed by atoms with van der Waals surface area (Å²) >= 11 is 0. The van der Waals surface area contributed by atoms with Crippen LogP contribution in [0.1, 0.15) is 24.6 Å². The highest BCUT2D eigenvalue weighted by molar-refractivity contribution is 5.90. The van der Waals surface area contributed by atoms with Gasteiger partial charge in [0.05, 0.1) is 12.4 Å². The lowest BCUT2D eigenvalue weighted by Crippen LogP contribution is -2.16. The molecule has 3 aromatic rings. The fourth-order valence-electron chi connectivity index (χ4n) is 2.44. The molecule has 7 nitrogen and oxygen atoms in total. The van der Waals surface area contributed by atoms with E-state index in [-0.39, 0.29) is 11.3 Å². The summed E-state index contributed by atoms with van der Waals surface area (Å²) in [6.45, 7) is 1.80. The van der Waals surface area contributed by atoms with Gasteiger partial charge in [-0.25, -0.2) is 4.68 Å². The third-order valence-electron chi connectivity index (χ3n) is 3.74. The highest BCUT2D eigenvalue weighted by atomic mass is 16.1. The Morgan fingerprint density at radius 3 is 2.84 bits per heavy atom. The zero-order valence-corrected chi connectivity index (χ0v) is 14.1. The summed E-state index contributed by atoms with van der Waals surface area (Å²) in [5, 5.41) is 11.4. The Balaban J connectivity index is 1.86. The summed E-state index contributed by atoms with van der Waals surface area (Å²) in [6.07, 6.45) is 5.93. The van der Waals surface area contributed by atoms with Crippen LogP contribution in [0, 0.1) is 0 Å². The Kier molecular flexibility index (Phi) is 4.74. The summed E-state index contributed by atoms with van der Waals surface area (Å²) in [5.74, 6) is -0.0473. The maximum atomic E-state index is 12.2. The summed E-state index contributed by atoms with van der Waals surface area (Å²) in [6, 6.07) is 8.94. The molecule has 0 saturated heterocycles. The topological polar surface area (TPSA) is 81.8 Å². The van der Waals surface area contributed by atoms with Gasteiger partial charge in [-0.3, -0.25) is 14.3 Å². The number of nitrogens with one attached hydrogen (secondary N) is 1. The molecule has 2 aromatic heterocycles. The molecule has 1 amide bonds. The van der Waals surface area contributed by atoms with Crippen molar-refractivity contribution in [3.05, 3.63) is 70.4 Å². The third kappa shape index (κ3) is 4.00. The molecule has 0 bridgehead atoms. The number of carbonyl (C=O) groups is 1. The van der Waals surface area contributed by atoms with Gasteiger partial charge in [0, 0.05) is 37.8 Å². The molecule has 128 valence electrons. The van der Waals surface area contributed by atoms with Gasteiger partial charge in [0.2, 0.25) is 11.3 Å². The first kappa shape index (κ1) is 16.6. The normalized spacial score (nSPS) is 10.6. The molecule has 0 atom stereocenters. The van der Waals surface area contributed by atoms with Gasteiger partial charge in [-0.15, -0.1) is 0 Å². The summed E-state index contributed by atoms with van der Waals surface area (Å²) in [5.41, 5.74) is 2.72. The molecule has 25 heavy (non-hydrogen) atoms. The highest BCUT2D eigenvalue weighted by Gasteiger charge is 2.08. The quantitative estimate of drug-likeness (QED) is 0.771. The van der Waals surface area contributed by atoms with E-state index in [2.05, 4.69) is 15.5 Å². The van der Waals surface area contributed by atoms with E-state index < -0.39 is 0 Å². The minimum atomic E-state index is -0.122. The molecule has 0 spiro atoms. The standard InChI is InChI=1S/C18H19N5O2/c1-3-18(25)20-14-6-4-5-13(9-14)10-16-17(24)7-8-23(21-16)15-11-19-22(2)12-15/h4-9,11-12H,3,10H2,1-2H3,(H,20,25). The smallest absolute Gasteiger partial charge is 0.224 e. The summed E-state index contributed by atoms with van der Waals surface area (Å²) < 4.78 is 3.31. The van der Waals surface area contributed by atoms with E-state index in [1.54, 1.807) is 28.7 Å². The lowest BCUT2D eigenvalue weighted by Gasteiger charge is -2.08. The monoisotopic (exact) mass is 337 g/mol. The van der Waals surface area contributed by atoms with Crippen LogP contribution in [0.25, 0.3) is 5.69 Å². The van der Waals surface area contributed by atoms with Crippen LogP contribution < -0.4 is 10.7 Å². The first-order valence-corrected chi connectivity index (χ1v) is 8.02. The van der Waals surface area contributed by atoms with Crippen LogP contribution in [0.2, 0.25) is 0 Å². The molecular formula is C18H19N5O2. The highest BCUT2D eigenvalue weighted by Crippen LogP contribution is 2.13. The lowest BCUT2D eigenvalue weighted by molar-refractivity contribution is -0.115. The second kappa shape index (κ2) is 7.12. The molecular weight excluding hydrogens is 318 g/mol. The summed E-state index contributed by atoms with van der Waals surface area (Å²) in [4.78, 5) is 23.7. The molecule has 1 aromatic carbocycles. The van der Waals surface area contributed by atoms with E-state index in [1.165, 1.54) is 6.07 Å². The number of rotatable bonds is 5. The number of hydrogen-bond acceptors (Lipinski definition) is 4. The van der Waals surface area contributed by atoms with Crippen LogP contribution in [-0.4, -0.2) is 25.5 Å². The number of anilines is 1. The Morgan fingerprint density at radius 1 is 1.28 bits per heavy atom. The molecule has 0 aliphatic carbocycles. The molecule has 0 fully saturated rings. The molecule has 0 radical (unpaired) electrons. The number of carbonyl (C=O) groups excluding carboxylic acids is 1. The van der Waals surface area contributed by atoms with E-state index in [0.717, 1.165) is 11.3 Å². The van der Waals surface area contributed by atoms with Gasteiger partial charge in [-0.2, -0.15) is 10.2 Å². The Bertz CT molecular complexity index is 958. The van der Waals surface area contributed by atoms with Crippen molar-refractivity contribution in [2.45, 2.75) is 19.8 Å². The first-order valence-electron chi connectivity index (χ1n) is 8.02. The van der Waals surface area contributed by atoms with Gasteiger partial charge in [-0.1, -0.05) is 19.1 Å². The zero-order chi connectivity index (χ0) is 17.8. The number of aromatic nitrogens is 4. The van der Waals surface area contributed by atoms with Crippen molar-refractivity contribution in [3.8, 4) is 5.69 Å². The Labute approximate surface area is 144 Å². The van der Waals surface area contributed by atoms with Gasteiger partial charge in [0.25, 0.3) is 0 Å². The molecule has 0 saturated carbocycles. The predicted octanol–water partition coefficient (Wildman–Crippen LogP) is 1.91. The fraction of sp³-hybridized carbons (Fsp3) is 0.222. The minimum absolute atomic E-state index is 0.0473. The number of nitrogens with zero attached hydrogens (tertiary/aromatic N) is 4. The van der Waals surface area contributed by atoms with Crippen molar-refractivity contribution in [2.24, 2.45) is 7.05 Å².